The van der Waals surface area contributed by atoms with Gasteiger partial charge in [0, 0.05) is 18.8 Å². The van der Waals surface area contributed by atoms with Crippen molar-refractivity contribution in [1.29, 1.82) is 0 Å². The summed E-state index contributed by atoms with van der Waals surface area (Å²) in [4.78, 5) is 0.113. The number of aromatic nitrogens is 2. The summed E-state index contributed by atoms with van der Waals surface area (Å²) >= 11 is 0. The number of sulfonamides is 1. The number of nitrogens with one attached hydrogen (secondary N) is 1. The number of rotatable bonds is 5. The van der Waals surface area contributed by atoms with Crippen molar-refractivity contribution in [1.82, 2.24) is 9.78 Å². The maximum Gasteiger partial charge on any atom is 0.265 e. The molecule has 0 spiro atoms. The highest BCUT2D eigenvalue weighted by atomic mass is 32.2. The molecule has 0 amide bonds. The van der Waals surface area contributed by atoms with Gasteiger partial charge >= 0.3 is 0 Å². The van der Waals surface area contributed by atoms with Crippen LogP contribution in [0.3, 0.4) is 0 Å². The van der Waals surface area contributed by atoms with Crippen molar-refractivity contribution in [2.45, 2.75) is 4.90 Å². The third-order valence-corrected chi connectivity index (χ3v) is 4.85. The van der Waals surface area contributed by atoms with Crippen LogP contribution in [0.25, 0.3) is 11.3 Å². The molecule has 3 aromatic rings. The Morgan fingerprint density at radius 3 is 2.42 bits per heavy atom. The lowest BCUT2D eigenvalue weighted by molar-refractivity contribution is 0.417. The number of nitrogens with zero attached hydrogens (tertiary/aromatic N) is 2. The van der Waals surface area contributed by atoms with E-state index >= 15 is 0 Å². The Kier molecular flexibility index (Phi) is 4.26. The van der Waals surface area contributed by atoms with Gasteiger partial charge in [-0.1, -0.05) is 42.5 Å². The number of anilines is 1. The van der Waals surface area contributed by atoms with E-state index in [1.807, 2.05) is 30.3 Å². The summed E-state index contributed by atoms with van der Waals surface area (Å²) in [6.45, 7) is 0. The summed E-state index contributed by atoms with van der Waals surface area (Å²) in [5.41, 5.74) is 1.52. The molecule has 0 aliphatic rings. The second-order valence-corrected chi connectivity index (χ2v) is 6.84. The van der Waals surface area contributed by atoms with Crippen LogP contribution in [0.5, 0.6) is 5.75 Å². The van der Waals surface area contributed by atoms with Gasteiger partial charge in [0.2, 0.25) is 0 Å². The molecule has 2 aromatic carbocycles. The van der Waals surface area contributed by atoms with Crippen LogP contribution >= 0.6 is 0 Å². The molecule has 0 unspecified atom stereocenters. The molecule has 24 heavy (non-hydrogen) atoms. The minimum atomic E-state index is -3.82. The van der Waals surface area contributed by atoms with Crippen molar-refractivity contribution in [2.75, 3.05) is 11.8 Å². The van der Waals surface area contributed by atoms with E-state index in [1.165, 1.54) is 18.0 Å². The summed E-state index contributed by atoms with van der Waals surface area (Å²) < 4.78 is 35.0. The quantitative estimate of drug-likeness (QED) is 0.773. The van der Waals surface area contributed by atoms with E-state index in [4.69, 9.17) is 4.74 Å². The predicted octanol–water partition coefficient (Wildman–Crippen LogP) is 2.90. The lowest BCUT2D eigenvalue weighted by Gasteiger charge is -2.11. The van der Waals surface area contributed by atoms with Crippen molar-refractivity contribution in [3.8, 4) is 17.0 Å². The van der Waals surface area contributed by atoms with Crippen LogP contribution in [0.2, 0.25) is 0 Å². The van der Waals surface area contributed by atoms with Crippen LogP contribution in [-0.2, 0) is 17.1 Å². The molecular weight excluding hydrogens is 326 g/mol. The zero-order valence-corrected chi connectivity index (χ0v) is 14.1. The topological polar surface area (TPSA) is 73.2 Å². The fraction of sp³-hybridized carbons (Fsp3) is 0.118. The molecule has 0 radical (unpaired) electrons. The van der Waals surface area contributed by atoms with Crippen LogP contribution in [-0.4, -0.2) is 25.3 Å². The summed E-state index contributed by atoms with van der Waals surface area (Å²) in [7, 11) is -0.636. The van der Waals surface area contributed by atoms with Crippen LogP contribution in [0.1, 0.15) is 0 Å². The van der Waals surface area contributed by atoms with Crippen molar-refractivity contribution in [2.24, 2.45) is 7.05 Å². The first kappa shape index (κ1) is 16.1. The van der Waals surface area contributed by atoms with E-state index < -0.39 is 10.0 Å². The highest BCUT2D eigenvalue weighted by molar-refractivity contribution is 7.92. The first-order valence-corrected chi connectivity index (χ1v) is 8.74. The Bertz CT molecular complexity index is 950. The molecule has 124 valence electrons. The molecular formula is C17H17N3O3S. The van der Waals surface area contributed by atoms with Crippen molar-refractivity contribution >= 4 is 15.7 Å². The van der Waals surface area contributed by atoms with Gasteiger partial charge in [0.1, 0.15) is 16.3 Å². The molecule has 7 heteroatoms. The Morgan fingerprint density at radius 2 is 1.71 bits per heavy atom. The average molecular weight is 343 g/mol. The second kappa shape index (κ2) is 6.37. The highest BCUT2D eigenvalue weighted by Gasteiger charge is 2.24. The largest absolute Gasteiger partial charge is 0.495 e. The number of hydrogen-bond acceptors (Lipinski definition) is 4. The molecule has 0 bridgehead atoms. The Hall–Kier alpha value is -2.80. The Balaban J connectivity index is 2.05. The van der Waals surface area contributed by atoms with Crippen LogP contribution in [0.15, 0.2) is 65.7 Å². The monoisotopic (exact) mass is 343 g/mol. The van der Waals surface area contributed by atoms with Crippen molar-refractivity contribution < 1.29 is 13.2 Å². The molecule has 1 N–H and O–H groups in total. The first-order valence-electron chi connectivity index (χ1n) is 7.26. The molecule has 0 saturated heterocycles. The average Bonchev–Trinajstić information content (AvgIpc) is 2.99. The maximum atomic E-state index is 12.9. The molecule has 0 saturated carbocycles. The minimum Gasteiger partial charge on any atom is -0.495 e. The third-order valence-electron chi connectivity index (χ3n) is 3.48. The van der Waals surface area contributed by atoms with Gasteiger partial charge in [-0.2, -0.15) is 5.10 Å². The van der Waals surface area contributed by atoms with E-state index in [-0.39, 0.29) is 4.90 Å². The van der Waals surface area contributed by atoms with E-state index in [0.717, 1.165) is 5.56 Å². The summed E-state index contributed by atoms with van der Waals surface area (Å²) in [5, 5.41) is 4.30. The Labute approximate surface area is 140 Å². The Morgan fingerprint density at radius 1 is 1.04 bits per heavy atom. The van der Waals surface area contributed by atoms with E-state index in [2.05, 4.69) is 9.82 Å². The van der Waals surface area contributed by atoms with E-state index in [0.29, 0.717) is 17.1 Å². The normalized spacial score (nSPS) is 11.2. The van der Waals surface area contributed by atoms with Gasteiger partial charge in [0.15, 0.2) is 0 Å². The van der Waals surface area contributed by atoms with Gasteiger partial charge < -0.3 is 4.74 Å². The molecule has 6 nitrogen and oxygen atoms in total. The van der Waals surface area contributed by atoms with Crippen molar-refractivity contribution in [3.63, 3.8) is 0 Å². The van der Waals surface area contributed by atoms with E-state index in [9.17, 15) is 8.42 Å². The molecule has 1 heterocycles. The molecule has 0 aliphatic carbocycles. The summed E-state index contributed by atoms with van der Waals surface area (Å²) in [5.74, 6) is 0.450. The molecule has 0 aliphatic heterocycles. The number of aryl methyl sites for hydroxylation is 1. The van der Waals surface area contributed by atoms with Gasteiger partial charge in [-0.15, -0.1) is 0 Å². The van der Waals surface area contributed by atoms with Crippen LogP contribution < -0.4 is 9.46 Å². The molecule has 3 rings (SSSR count). The lowest BCUT2D eigenvalue weighted by Crippen LogP contribution is -2.14. The number of para-hydroxylation sites is 2. The highest BCUT2D eigenvalue weighted by Crippen LogP contribution is 2.30. The number of hydrogen-bond donors (Lipinski definition) is 1. The number of ether oxygens (including phenoxy) is 1. The maximum absolute atomic E-state index is 12.9. The smallest absolute Gasteiger partial charge is 0.265 e. The fourth-order valence-electron chi connectivity index (χ4n) is 2.39. The fourth-order valence-corrected chi connectivity index (χ4v) is 3.66. The zero-order valence-electron chi connectivity index (χ0n) is 13.3. The lowest BCUT2D eigenvalue weighted by atomic mass is 10.2. The van der Waals surface area contributed by atoms with Gasteiger partial charge in [0.25, 0.3) is 10.0 Å². The first-order chi connectivity index (χ1) is 11.5. The van der Waals surface area contributed by atoms with Gasteiger partial charge in [-0.05, 0) is 12.1 Å². The third kappa shape index (κ3) is 3.11. The second-order valence-electron chi connectivity index (χ2n) is 5.19. The van der Waals surface area contributed by atoms with Gasteiger partial charge in [-0.3, -0.25) is 9.40 Å². The molecule has 0 fully saturated rings. The van der Waals surface area contributed by atoms with Gasteiger partial charge in [0.05, 0.1) is 12.8 Å². The van der Waals surface area contributed by atoms with Crippen LogP contribution in [0.4, 0.5) is 5.69 Å². The van der Waals surface area contributed by atoms with E-state index in [1.54, 1.807) is 31.3 Å². The minimum absolute atomic E-state index is 0.113. The number of methoxy groups -OCH3 is 1. The number of benzene rings is 2. The van der Waals surface area contributed by atoms with Gasteiger partial charge in [-0.25, -0.2) is 8.42 Å². The summed E-state index contributed by atoms with van der Waals surface area (Å²) in [6, 6.07) is 16.1. The van der Waals surface area contributed by atoms with Crippen LogP contribution in [0, 0.1) is 0 Å². The molecule has 1 aromatic heterocycles. The zero-order chi connectivity index (χ0) is 17.2. The van der Waals surface area contributed by atoms with Crippen molar-refractivity contribution in [3.05, 3.63) is 60.8 Å². The summed E-state index contributed by atoms with van der Waals surface area (Å²) in [6.07, 6.45) is 1.49. The molecule has 0 atom stereocenters. The predicted molar refractivity (Wildman–Crippen MR) is 92.4 cm³/mol. The SMILES string of the molecule is COc1ccccc1NS(=O)(=O)c1cn(C)nc1-c1ccccc1. The standard InChI is InChI=1S/C17H17N3O3S/c1-20-12-16(17(18-20)13-8-4-3-5-9-13)24(21,22)19-14-10-6-7-11-15(14)23-2/h3-12,19H,1-2H3.